The van der Waals surface area contributed by atoms with Gasteiger partial charge in [-0.1, -0.05) is 42.1 Å². The topological polar surface area (TPSA) is 74.3 Å². The van der Waals surface area contributed by atoms with Crippen molar-refractivity contribution in [2.45, 2.75) is 5.03 Å². The molecule has 158 valence electrons. The second-order valence-corrected chi connectivity index (χ2v) is 8.37. The van der Waals surface area contributed by atoms with Gasteiger partial charge >= 0.3 is 0 Å². The van der Waals surface area contributed by atoms with Crippen molar-refractivity contribution < 1.29 is 9.53 Å². The molecule has 5 rings (SSSR count). The highest BCUT2D eigenvalue weighted by Gasteiger charge is 2.23. The van der Waals surface area contributed by atoms with E-state index in [1.165, 1.54) is 11.8 Å². The molecule has 0 saturated carbocycles. The summed E-state index contributed by atoms with van der Waals surface area (Å²) in [6.45, 7) is 2.97. The molecule has 4 aromatic rings. The Morgan fingerprint density at radius 3 is 2.68 bits per heavy atom. The molecule has 1 aliphatic heterocycles. The van der Waals surface area contributed by atoms with Gasteiger partial charge in [0.05, 0.1) is 24.1 Å². The number of amides is 1. The van der Waals surface area contributed by atoms with Gasteiger partial charge in [0.15, 0.2) is 0 Å². The summed E-state index contributed by atoms with van der Waals surface area (Å²) in [7, 11) is 1.69. The van der Waals surface area contributed by atoms with Crippen LogP contribution in [0.2, 0.25) is 0 Å². The summed E-state index contributed by atoms with van der Waals surface area (Å²) in [5.41, 5.74) is 3.89. The average Bonchev–Trinajstić information content (AvgIpc) is 3.22. The first-order valence-electron chi connectivity index (χ1n) is 10.2. The summed E-state index contributed by atoms with van der Waals surface area (Å²) in [6.07, 6.45) is 1.57. The smallest absolute Gasteiger partial charge is 0.233 e. The number of piperazine rings is 1. The van der Waals surface area contributed by atoms with E-state index in [-0.39, 0.29) is 5.91 Å². The van der Waals surface area contributed by atoms with Gasteiger partial charge in [-0.3, -0.25) is 4.79 Å². The lowest BCUT2D eigenvalue weighted by Crippen LogP contribution is -2.49. The minimum atomic E-state index is 0.132. The number of fused-ring (bicyclic) bond motifs is 3. The molecule has 0 radical (unpaired) electrons. The normalized spacial score (nSPS) is 14.4. The molecule has 1 saturated heterocycles. The van der Waals surface area contributed by atoms with Crippen LogP contribution < -0.4 is 9.64 Å². The SMILES string of the molecule is COc1ccccc1N1CCN(C(=O)CSc2ncnc3c2[nH]c2ccccc23)CC1. The second kappa shape index (κ2) is 8.47. The standard InChI is InChI=1S/C23H23N5O2S/c1-30-19-9-5-4-8-18(19)27-10-12-28(13-11-27)20(29)14-31-23-22-21(24-15-25-23)16-6-2-3-7-17(16)26-22/h2-9,15,26H,10-14H2,1H3. The monoisotopic (exact) mass is 433 g/mol. The van der Waals surface area contributed by atoms with Crippen LogP contribution in [-0.2, 0) is 4.79 Å². The van der Waals surface area contributed by atoms with E-state index in [9.17, 15) is 4.79 Å². The number of thioether (sulfide) groups is 1. The van der Waals surface area contributed by atoms with Crippen LogP contribution in [0.5, 0.6) is 5.75 Å². The molecule has 2 aromatic heterocycles. The van der Waals surface area contributed by atoms with Crippen LogP contribution in [0, 0.1) is 0 Å². The predicted octanol–water partition coefficient (Wildman–Crippen LogP) is 3.56. The highest BCUT2D eigenvalue weighted by molar-refractivity contribution is 8.00. The van der Waals surface area contributed by atoms with Crippen molar-refractivity contribution in [1.82, 2.24) is 19.9 Å². The van der Waals surface area contributed by atoms with Gasteiger partial charge in [-0.25, -0.2) is 9.97 Å². The van der Waals surface area contributed by atoms with E-state index in [1.54, 1.807) is 13.4 Å². The first-order valence-corrected chi connectivity index (χ1v) is 11.2. The maximum Gasteiger partial charge on any atom is 0.233 e. The van der Waals surface area contributed by atoms with E-state index in [2.05, 4.69) is 25.9 Å². The van der Waals surface area contributed by atoms with Crippen molar-refractivity contribution >= 4 is 45.3 Å². The zero-order valence-corrected chi connectivity index (χ0v) is 18.1. The molecule has 0 atom stereocenters. The molecule has 0 unspecified atom stereocenters. The summed E-state index contributed by atoms with van der Waals surface area (Å²) in [6, 6.07) is 16.1. The predicted molar refractivity (Wildman–Crippen MR) is 124 cm³/mol. The van der Waals surface area contributed by atoms with Crippen molar-refractivity contribution in [1.29, 1.82) is 0 Å². The fourth-order valence-electron chi connectivity index (χ4n) is 4.04. The van der Waals surface area contributed by atoms with E-state index < -0.39 is 0 Å². The minimum Gasteiger partial charge on any atom is -0.495 e. The Bertz CT molecular complexity index is 1230. The number of nitrogens with one attached hydrogen (secondary N) is 1. The molecule has 1 N–H and O–H groups in total. The summed E-state index contributed by atoms with van der Waals surface area (Å²) in [5.74, 6) is 1.35. The number of carbonyl (C=O) groups is 1. The Morgan fingerprint density at radius 2 is 1.84 bits per heavy atom. The Kier molecular flexibility index (Phi) is 5.38. The zero-order valence-electron chi connectivity index (χ0n) is 17.2. The molecule has 1 aliphatic rings. The molecule has 31 heavy (non-hydrogen) atoms. The van der Waals surface area contributed by atoms with Crippen LogP contribution >= 0.6 is 11.8 Å². The Hall–Kier alpha value is -3.26. The van der Waals surface area contributed by atoms with E-state index in [0.717, 1.165) is 51.5 Å². The van der Waals surface area contributed by atoms with Crippen LogP contribution in [-0.4, -0.2) is 64.8 Å². The molecule has 0 aliphatic carbocycles. The number of ether oxygens (including phenoxy) is 1. The number of hydrogen-bond acceptors (Lipinski definition) is 6. The number of nitrogens with zero attached hydrogens (tertiary/aromatic N) is 4. The van der Waals surface area contributed by atoms with Crippen LogP contribution in [0.1, 0.15) is 0 Å². The maximum absolute atomic E-state index is 12.9. The molecule has 1 fully saturated rings. The Labute approximate surface area is 184 Å². The van der Waals surface area contributed by atoms with Crippen LogP contribution in [0.25, 0.3) is 21.9 Å². The third-order valence-electron chi connectivity index (χ3n) is 5.64. The minimum absolute atomic E-state index is 0.132. The molecule has 1 amide bonds. The summed E-state index contributed by atoms with van der Waals surface area (Å²) in [4.78, 5) is 29.3. The highest BCUT2D eigenvalue weighted by Crippen LogP contribution is 2.30. The van der Waals surface area contributed by atoms with Gasteiger partial charge in [-0.05, 0) is 18.2 Å². The van der Waals surface area contributed by atoms with Crippen molar-refractivity contribution in [2.75, 3.05) is 43.9 Å². The summed E-state index contributed by atoms with van der Waals surface area (Å²) in [5, 5.41) is 1.88. The number of carbonyl (C=O) groups excluding carboxylic acids is 1. The van der Waals surface area contributed by atoms with Gasteiger partial charge in [-0.2, -0.15) is 0 Å². The van der Waals surface area contributed by atoms with Crippen LogP contribution in [0.4, 0.5) is 5.69 Å². The van der Waals surface area contributed by atoms with E-state index in [4.69, 9.17) is 4.74 Å². The second-order valence-electron chi connectivity index (χ2n) is 7.40. The lowest BCUT2D eigenvalue weighted by Gasteiger charge is -2.36. The first-order chi connectivity index (χ1) is 15.2. The fraction of sp³-hybridized carbons (Fsp3) is 0.261. The Morgan fingerprint density at radius 1 is 1.06 bits per heavy atom. The Balaban J connectivity index is 1.24. The number of aromatic amines is 1. The molecule has 7 nitrogen and oxygen atoms in total. The quantitative estimate of drug-likeness (QED) is 0.383. The number of H-pyrrole nitrogens is 1. The summed E-state index contributed by atoms with van der Waals surface area (Å²) >= 11 is 1.46. The van der Waals surface area contributed by atoms with Gasteiger partial charge < -0.3 is 19.5 Å². The lowest BCUT2D eigenvalue weighted by molar-refractivity contribution is -0.128. The van der Waals surface area contributed by atoms with E-state index in [0.29, 0.717) is 18.8 Å². The van der Waals surface area contributed by atoms with Gasteiger partial charge in [-0.15, -0.1) is 0 Å². The first kappa shape index (κ1) is 19.7. The number of anilines is 1. The van der Waals surface area contributed by atoms with Crippen molar-refractivity contribution in [3.63, 3.8) is 0 Å². The van der Waals surface area contributed by atoms with E-state index >= 15 is 0 Å². The number of aromatic nitrogens is 3. The molecule has 8 heteroatoms. The average molecular weight is 434 g/mol. The van der Waals surface area contributed by atoms with Gasteiger partial charge in [0.2, 0.25) is 5.91 Å². The van der Waals surface area contributed by atoms with Crippen molar-refractivity contribution in [3.8, 4) is 5.75 Å². The van der Waals surface area contributed by atoms with Crippen LogP contribution in [0.15, 0.2) is 59.9 Å². The third kappa shape index (κ3) is 3.79. The largest absolute Gasteiger partial charge is 0.495 e. The number of hydrogen-bond donors (Lipinski definition) is 1. The molecular formula is C23H23N5O2S. The number of para-hydroxylation sites is 3. The van der Waals surface area contributed by atoms with E-state index in [1.807, 2.05) is 47.4 Å². The number of methoxy groups -OCH3 is 1. The highest BCUT2D eigenvalue weighted by atomic mass is 32.2. The molecule has 0 bridgehead atoms. The molecule has 3 heterocycles. The maximum atomic E-state index is 12.9. The van der Waals surface area contributed by atoms with Gasteiger partial charge in [0.1, 0.15) is 22.6 Å². The van der Waals surface area contributed by atoms with Crippen molar-refractivity contribution in [2.24, 2.45) is 0 Å². The van der Waals surface area contributed by atoms with Gasteiger partial charge in [0.25, 0.3) is 0 Å². The molecular weight excluding hydrogens is 410 g/mol. The van der Waals surface area contributed by atoms with Crippen molar-refractivity contribution in [3.05, 3.63) is 54.9 Å². The van der Waals surface area contributed by atoms with Gasteiger partial charge in [0, 0.05) is 37.1 Å². The lowest BCUT2D eigenvalue weighted by atomic mass is 10.2. The summed E-state index contributed by atoms with van der Waals surface area (Å²) < 4.78 is 5.48. The molecule has 0 spiro atoms. The molecule has 2 aromatic carbocycles. The zero-order chi connectivity index (χ0) is 21.2. The number of benzene rings is 2. The number of rotatable bonds is 5. The third-order valence-corrected chi connectivity index (χ3v) is 6.62. The van der Waals surface area contributed by atoms with Crippen LogP contribution in [0.3, 0.4) is 0 Å². The fourth-order valence-corrected chi connectivity index (χ4v) is 4.89.